The summed E-state index contributed by atoms with van der Waals surface area (Å²) in [5.41, 5.74) is 7.03. The number of rotatable bonds is 6. The Bertz CT molecular complexity index is 864. The molecule has 3 N–H and O–H groups in total. The molecule has 1 aliphatic rings. The molecule has 1 aliphatic carbocycles. The fourth-order valence-corrected chi connectivity index (χ4v) is 4.97. The first-order valence-corrected chi connectivity index (χ1v) is 11.0. The lowest BCUT2D eigenvalue weighted by atomic mass is 9.84. The van der Waals surface area contributed by atoms with Gasteiger partial charge in [0.25, 0.3) is 5.91 Å². The van der Waals surface area contributed by atoms with E-state index in [1.54, 1.807) is 24.3 Å². The smallest absolute Gasteiger partial charge is 0.251 e. The van der Waals surface area contributed by atoms with Gasteiger partial charge in [-0.05, 0) is 55.1 Å². The van der Waals surface area contributed by atoms with Gasteiger partial charge in [0, 0.05) is 11.6 Å². The topological polar surface area (TPSA) is 89.3 Å². The van der Waals surface area contributed by atoms with Crippen LogP contribution in [0.1, 0.15) is 41.6 Å². The van der Waals surface area contributed by atoms with Gasteiger partial charge in [-0.2, -0.15) is 0 Å². The van der Waals surface area contributed by atoms with E-state index in [9.17, 15) is 13.2 Å². The summed E-state index contributed by atoms with van der Waals surface area (Å²) in [7, 11) is -3.44. The number of carbonyl (C=O) groups is 1. The van der Waals surface area contributed by atoms with Crippen molar-refractivity contribution in [1.82, 2.24) is 5.32 Å². The standard InChI is InChI=1S/C21H26N2O3S/c22-14-18-8-4-5-9-20(18)23-21(24)17-10-12-19(13-11-17)27(25,26)15-16-6-2-1-3-7-16/h1-3,6-7,10-13,18,20H,4-5,8-9,14-15,22H2,(H,23,24). The van der Waals surface area contributed by atoms with Crippen molar-refractivity contribution < 1.29 is 13.2 Å². The SMILES string of the molecule is NCC1CCCCC1NC(=O)c1ccc(S(=O)(=O)Cc2ccccc2)cc1. The van der Waals surface area contributed by atoms with Gasteiger partial charge in [0.15, 0.2) is 9.84 Å². The van der Waals surface area contributed by atoms with Gasteiger partial charge in [-0.25, -0.2) is 8.42 Å². The van der Waals surface area contributed by atoms with Gasteiger partial charge >= 0.3 is 0 Å². The van der Waals surface area contributed by atoms with E-state index in [0.29, 0.717) is 18.0 Å². The highest BCUT2D eigenvalue weighted by molar-refractivity contribution is 7.90. The molecule has 0 aromatic heterocycles. The van der Waals surface area contributed by atoms with Crippen LogP contribution in [-0.4, -0.2) is 26.9 Å². The largest absolute Gasteiger partial charge is 0.349 e. The second kappa shape index (κ2) is 8.67. The van der Waals surface area contributed by atoms with Crippen LogP contribution in [0.3, 0.4) is 0 Å². The molecule has 3 rings (SSSR count). The molecule has 2 aromatic carbocycles. The molecule has 5 nitrogen and oxygen atoms in total. The molecule has 2 atom stereocenters. The van der Waals surface area contributed by atoms with Gasteiger partial charge in [0.2, 0.25) is 0 Å². The highest BCUT2D eigenvalue weighted by Crippen LogP contribution is 2.24. The minimum atomic E-state index is -3.44. The van der Waals surface area contributed by atoms with Crippen LogP contribution in [0.25, 0.3) is 0 Å². The molecule has 1 saturated carbocycles. The normalized spacial score (nSPS) is 20.2. The van der Waals surface area contributed by atoms with Crippen molar-refractivity contribution in [3.8, 4) is 0 Å². The minimum absolute atomic E-state index is 0.0559. The Kier molecular flexibility index (Phi) is 6.29. The quantitative estimate of drug-likeness (QED) is 0.799. The Morgan fingerprint density at radius 3 is 2.33 bits per heavy atom. The molecule has 1 fully saturated rings. The summed E-state index contributed by atoms with van der Waals surface area (Å²) in [5, 5.41) is 3.07. The number of nitrogens with two attached hydrogens (primary N) is 1. The van der Waals surface area contributed by atoms with Crippen LogP contribution in [0, 0.1) is 5.92 Å². The Morgan fingerprint density at radius 1 is 1.00 bits per heavy atom. The fraction of sp³-hybridized carbons (Fsp3) is 0.381. The maximum absolute atomic E-state index is 12.6. The van der Waals surface area contributed by atoms with E-state index >= 15 is 0 Å². The molecule has 0 saturated heterocycles. The highest BCUT2D eigenvalue weighted by Gasteiger charge is 2.25. The summed E-state index contributed by atoms with van der Waals surface area (Å²) < 4.78 is 25.1. The Balaban J connectivity index is 1.68. The lowest BCUT2D eigenvalue weighted by Gasteiger charge is -2.31. The number of benzene rings is 2. The molecular weight excluding hydrogens is 360 g/mol. The number of amides is 1. The van der Waals surface area contributed by atoms with Crippen LogP contribution in [0.2, 0.25) is 0 Å². The van der Waals surface area contributed by atoms with Crippen molar-refractivity contribution in [3.05, 3.63) is 65.7 Å². The van der Waals surface area contributed by atoms with Crippen LogP contribution >= 0.6 is 0 Å². The number of nitrogens with one attached hydrogen (secondary N) is 1. The zero-order valence-electron chi connectivity index (χ0n) is 15.3. The molecule has 27 heavy (non-hydrogen) atoms. The summed E-state index contributed by atoms with van der Waals surface area (Å²) in [6, 6.07) is 15.3. The van der Waals surface area contributed by atoms with Gasteiger partial charge in [-0.3, -0.25) is 4.79 Å². The van der Waals surface area contributed by atoms with Crippen molar-refractivity contribution in [2.45, 2.75) is 42.4 Å². The average Bonchev–Trinajstić information content (AvgIpc) is 2.69. The van der Waals surface area contributed by atoms with Crippen molar-refractivity contribution >= 4 is 15.7 Å². The molecule has 1 amide bonds. The van der Waals surface area contributed by atoms with Crippen LogP contribution in [0.4, 0.5) is 0 Å². The molecule has 0 spiro atoms. The highest BCUT2D eigenvalue weighted by atomic mass is 32.2. The van der Waals surface area contributed by atoms with Crippen LogP contribution in [0.15, 0.2) is 59.5 Å². The zero-order chi connectivity index (χ0) is 19.3. The second-order valence-electron chi connectivity index (χ2n) is 7.13. The zero-order valence-corrected chi connectivity index (χ0v) is 16.1. The number of carbonyl (C=O) groups excluding carboxylic acids is 1. The third kappa shape index (κ3) is 4.96. The predicted molar refractivity (Wildman–Crippen MR) is 106 cm³/mol. The minimum Gasteiger partial charge on any atom is -0.349 e. The maximum atomic E-state index is 12.6. The monoisotopic (exact) mass is 386 g/mol. The lowest BCUT2D eigenvalue weighted by molar-refractivity contribution is 0.0908. The molecule has 6 heteroatoms. The van der Waals surface area contributed by atoms with Crippen LogP contribution in [0.5, 0.6) is 0 Å². The molecule has 2 unspecified atom stereocenters. The molecule has 0 bridgehead atoms. The van der Waals surface area contributed by atoms with Crippen molar-refractivity contribution in [1.29, 1.82) is 0 Å². The third-order valence-corrected chi connectivity index (χ3v) is 6.91. The van der Waals surface area contributed by atoms with Gasteiger partial charge < -0.3 is 11.1 Å². The van der Waals surface area contributed by atoms with Crippen molar-refractivity contribution in [2.24, 2.45) is 11.7 Å². The Hall–Kier alpha value is -2.18. The first-order valence-electron chi connectivity index (χ1n) is 9.37. The van der Waals surface area contributed by atoms with Gasteiger partial charge in [0.05, 0.1) is 10.6 Å². The van der Waals surface area contributed by atoms with Gasteiger partial charge in [-0.15, -0.1) is 0 Å². The molecular formula is C21H26N2O3S. The average molecular weight is 387 g/mol. The molecule has 144 valence electrons. The van der Waals surface area contributed by atoms with Crippen molar-refractivity contribution in [2.75, 3.05) is 6.54 Å². The molecule has 2 aromatic rings. The summed E-state index contributed by atoms with van der Waals surface area (Å²) in [5.74, 6) is 0.0835. The van der Waals surface area contributed by atoms with Gasteiger partial charge in [-0.1, -0.05) is 43.2 Å². The van der Waals surface area contributed by atoms with E-state index in [0.717, 1.165) is 31.2 Å². The molecule has 0 heterocycles. The molecule has 0 aliphatic heterocycles. The first kappa shape index (κ1) is 19.6. The van der Waals surface area contributed by atoms with E-state index in [1.165, 1.54) is 12.1 Å². The summed E-state index contributed by atoms with van der Waals surface area (Å²) >= 11 is 0. The predicted octanol–water partition coefficient (Wildman–Crippen LogP) is 2.91. The molecule has 0 radical (unpaired) electrons. The van der Waals surface area contributed by atoms with Crippen LogP contribution in [-0.2, 0) is 15.6 Å². The van der Waals surface area contributed by atoms with Crippen molar-refractivity contribution in [3.63, 3.8) is 0 Å². The summed E-state index contributed by atoms with van der Waals surface area (Å²) in [6.45, 7) is 0.571. The maximum Gasteiger partial charge on any atom is 0.251 e. The number of sulfone groups is 1. The van der Waals surface area contributed by atoms with Gasteiger partial charge in [0.1, 0.15) is 0 Å². The van der Waals surface area contributed by atoms with E-state index in [2.05, 4.69) is 5.32 Å². The summed E-state index contributed by atoms with van der Waals surface area (Å²) in [4.78, 5) is 12.7. The second-order valence-corrected chi connectivity index (χ2v) is 9.12. The summed E-state index contributed by atoms with van der Waals surface area (Å²) in [6.07, 6.45) is 4.23. The van der Waals surface area contributed by atoms with Crippen LogP contribution < -0.4 is 11.1 Å². The number of hydrogen-bond donors (Lipinski definition) is 2. The van der Waals surface area contributed by atoms with E-state index in [4.69, 9.17) is 5.73 Å². The fourth-order valence-electron chi connectivity index (χ4n) is 3.62. The third-order valence-electron chi connectivity index (χ3n) is 5.20. The van der Waals surface area contributed by atoms with E-state index < -0.39 is 9.84 Å². The first-order chi connectivity index (χ1) is 13.0. The Morgan fingerprint density at radius 2 is 1.67 bits per heavy atom. The number of hydrogen-bond acceptors (Lipinski definition) is 4. The van der Waals surface area contributed by atoms with E-state index in [-0.39, 0.29) is 22.6 Å². The Labute approximate surface area is 160 Å². The lowest BCUT2D eigenvalue weighted by Crippen LogP contribution is -2.44. The van der Waals surface area contributed by atoms with E-state index in [1.807, 2.05) is 18.2 Å².